The molecule has 94 valence electrons. The highest BCUT2D eigenvalue weighted by Crippen LogP contribution is 2.00. The molecule has 0 saturated heterocycles. The van der Waals surface area contributed by atoms with Gasteiger partial charge in [0.25, 0.3) is 0 Å². The lowest BCUT2D eigenvalue weighted by Gasteiger charge is -2.15. The van der Waals surface area contributed by atoms with Gasteiger partial charge in [0.15, 0.2) is 0 Å². The molecule has 0 aliphatic carbocycles. The number of nitrogens with one attached hydrogen (secondary N) is 1. The van der Waals surface area contributed by atoms with Crippen LogP contribution in [0.4, 0.5) is 5.82 Å². The molecule has 0 spiro atoms. The van der Waals surface area contributed by atoms with Crippen molar-refractivity contribution < 1.29 is 0 Å². The summed E-state index contributed by atoms with van der Waals surface area (Å²) in [5.41, 5.74) is -0.220. The standard InChI is InChI=1S/C7H15N5OS.C2H6/c1-11(2)4-3-5-12(8)6-7(13)10-14-9-6;1-2/h3-5,8H2,1-2H3,(H,10,13);1-2H3. The molecule has 16 heavy (non-hydrogen) atoms. The average molecular weight is 247 g/mol. The molecule has 1 heterocycles. The third kappa shape index (κ3) is 5.24. The van der Waals surface area contributed by atoms with E-state index in [0.717, 1.165) is 24.7 Å². The first-order valence-electron chi connectivity index (χ1n) is 5.32. The Morgan fingerprint density at radius 2 is 2.00 bits per heavy atom. The summed E-state index contributed by atoms with van der Waals surface area (Å²) in [5, 5.41) is 1.39. The second kappa shape index (κ2) is 8.26. The fraction of sp³-hybridized carbons (Fsp3) is 0.778. The molecule has 0 amide bonds. The van der Waals surface area contributed by atoms with Gasteiger partial charge in [-0.2, -0.15) is 4.37 Å². The fourth-order valence-corrected chi connectivity index (χ4v) is 1.53. The van der Waals surface area contributed by atoms with Crippen LogP contribution in [0.2, 0.25) is 0 Å². The number of aromatic nitrogens is 2. The summed E-state index contributed by atoms with van der Waals surface area (Å²) < 4.78 is 6.37. The Morgan fingerprint density at radius 1 is 1.38 bits per heavy atom. The van der Waals surface area contributed by atoms with Crippen molar-refractivity contribution in [1.29, 1.82) is 0 Å². The zero-order chi connectivity index (χ0) is 12.6. The minimum Gasteiger partial charge on any atom is -0.309 e. The number of aromatic amines is 1. The van der Waals surface area contributed by atoms with Crippen LogP contribution in [0.1, 0.15) is 20.3 Å². The first kappa shape index (κ1) is 15.1. The van der Waals surface area contributed by atoms with Crippen molar-refractivity contribution in [2.75, 3.05) is 32.2 Å². The highest BCUT2D eigenvalue weighted by Gasteiger charge is 2.08. The Bertz CT molecular complexity index is 322. The van der Waals surface area contributed by atoms with Crippen molar-refractivity contribution in [1.82, 2.24) is 13.6 Å². The number of nitrogens with two attached hydrogens (primary N) is 1. The third-order valence-electron chi connectivity index (χ3n) is 1.75. The van der Waals surface area contributed by atoms with Gasteiger partial charge in [-0.25, -0.2) is 5.84 Å². The molecule has 1 aromatic heterocycles. The molecule has 1 aromatic rings. The van der Waals surface area contributed by atoms with Crippen molar-refractivity contribution >= 4 is 17.5 Å². The average Bonchev–Trinajstić information content (AvgIpc) is 2.67. The number of hydrogen-bond donors (Lipinski definition) is 2. The van der Waals surface area contributed by atoms with E-state index >= 15 is 0 Å². The first-order valence-corrected chi connectivity index (χ1v) is 6.10. The molecule has 3 N–H and O–H groups in total. The van der Waals surface area contributed by atoms with Crippen LogP contribution in [-0.4, -0.2) is 40.8 Å². The smallest absolute Gasteiger partial charge is 0.303 e. The van der Waals surface area contributed by atoms with Crippen LogP contribution in [0.3, 0.4) is 0 Å². The van der Waals surface area contributed by atoms with E-state index < -0.39 is 0 Å². The molecule has 0 aliphatic heterocycles. The van der Waals surface area contributed by atoms with E-state index in [4.69, 9.17) is 5.84 Å². The van der Waals surface area contributed by atoms with Gasteiger partial charge in [-0.3, -0.25) is 14.2 Å². The minimum atomic E-state index is -0.220. The minimum absolute atomic E-state index is 0.220. The Balaban J connectivity index is 0.00000106. The fourth-order valence-electron chi connectivity index (χ4n) is 1.04. The Hall–Kier alpha value is -0.920. The molecular weight excluding hydrogens is 226 g/mol. The number of hydrogen-bond acceptors (Lipinski definition) is 6. The van der Waals surface area contributed by atoms with E-state index in [2.05, 4.69) is 13.6 Å². The number of hydrazine groups is 1. The highest BCUT2D eigenvalue weighted by molar-refractivity contribution is 6.99. The number of anilines is 1. The molecular formula is C9H21N5OS. The molecule has 0 saturated carbocycles. The van der Waals surface area contributed by atoms with Gasteiger partial charge in [0.05, 0.1) is 0 Å². The van der Waals surface area contributed by atoms with E-state index in [1.807, 2.05) is 27.9 Å². The van der Waals surface area contributed by atoms with Gasteiger partial charge < -0.3 is 4.90 Å². The lowest BCUT2D eigenvalue weighted by Crippen LogP contribution is -2.36. The third-order valence-corrected chi connectivity index (χ3v) is 2.29. The normalized spacial score (nSPS) is 9.88. The van der Waals surface area contributed by atoms with E-state index in [9.17, 15) is 4.79 Å². The molecule has 1 rings (SSSR count). The van der Waals surface area contributed by atoms with Gasteiger partial charge in [0.1, 0.15) is 0 Å². The molecule has 7 heteroatoms. The maximum absolute atomic E-state index is 11.1. The molecule has 0 fully saturated rings. The molecule has 0 atom stereocenters. The topological polar surface area (TPSA) is 78.2 Å². The number of nitrogens with zero attached hydrogens (tertiary/aromatic N) is 3. The lowest BCUT2D eigenvalue weighted by atomic mass is 10.4. The monoisotopic (exact) mass is 247 g/mol. The number of H-pyrrole nitrogens is 1. The van der Waals surface area contributed by atoms with Gasteiger partial charge in [0.2, 0.25) is 5.82 Å². The van der Waals surface area contributed by atoms with Crippen LogP contribution in [-0.2, 0) is 0 Å². The van der Waals surface area contributed by atoms with E-state index in [-0.39, 0.29) is 5.56 Å². The van der Waals surface area contributed by atoms with Crippen LogP contribution >= 0.6 is 11.7 Å². The van der Waals surface area contributed by atoms with Crippen LogP contribution < -0.4 is 16.4 Å². The maximum atomic E-state index is 11.1. The maximum Gasteiger partial charge on any atom is 0.303 e. The Morgan fingerprint density at radius 3 is 2.44 bits per heavy atom. The van der Waals surface area contributed by atoms with Crippen LogP contribution in [0, 0.1) is 0 Å². The van der Waals surface area contributed by atoms with E-state index in [1.54, 1.807) is 0 Å². The molecule has 0 unspecified atom stereocenters. The van der Waals surface area contributed by atoms with Crippen molar-refractivity contribution in [3.63, 3.8) is 0 Å². The summed E-state index contributed by atoms with van der Waals surface area (Å²) in [7, 11) is 3.99. The summed E-state index contributed by atoms with van der Waals surface area (Å²) in [4.78, 5) is 13.2. The summed E-state index contributed by atoms with van der Waals surface area (Å²) >= 11 is 1.01. The second-order valence-electron chi connectivity index (χ2n) is 3.29. The SMILES string of the molecule is CC.CN(C)CCCN(N)c1ns[nH]c1=O. The molecule has 6 nitrogen and oxygen atoms in total. The molecule has 0 radical (unpaired) electrons. The summed E-state index contributed by atoms with van der Waals surface area (Å²) in [6.45, 7) is 5.57. The highest BCUT2D eigenvalue weighted by atomic mass is 32.1. The molecule has 0 aromatic carbocycles. The zero-order valence-corrected chi connectivity index (χ0v) is 11.2. The molecule has 0 bridgehead atoms. The number of rotatable bonds is 5. The quantitative estimate of drug-likeness (QED) is 0.585. The van der Waals surface area contributed by atoms with Crippen molar-refractivity contribution in [2.24, 2.45) is 5.84 Å². The first-order chi connectivity index (χ1) is 7.61. The summed E-state index contributed by atoms with van der Waals surface area (Å²) in [5.74, 6) is 5.97. The van der Waals surface area contributed by atoms with Crippen LogP contribution in [0.5, 0.6) is 0 Å². The Kier molecular flexibility index (Phi) is 7.78. The lowest BCUT2D eigenvalue weighted by molar-refractivity contribution is 0.400. The Labute approximate surface area is 100 Å². The van der Waals surface area contributed by atoms with E-state index in [0.29, 0.717) is 12.4 Å². The largest absolute Gasteiger partial charge is 0.309 e. The van der Waals surface area contributed by atoms with Gasteiger partial charge in [-0.15, -0.1) is 0 Å². The van der Waals surface area contributed by atoms with Crippen molar-refractivity contribution in [3.8, 4) is 0 Å². The summed E-state index contributed by atoms with van der Waals surface area (Å²) in [6, 6.07) is 0. The van der Waals surface area contributed by atoms with E-state index in [1.165, 1.54) is 5.01 Å². The van der Waals surface area contributed by atoms with Crippen LogP contribution in [0.25, 0.3) is 0 Å². The van der Waals surface area contributed by atoms with Gasteiger partial charge in [-0.1, -0.05) is 13.8 Å². The van der Waals surface area contributed by atoms with Crippen molar-refractivity contribution in [2.45, 2.75) is 20.3 Å². The second-order valence-corrected chi connectivity index (χ2v) is 3.86. The zero-order valence-electron chi connectivity index (χ0n) is 10.4. The van der Waals surface area contributed by atoms with Gasteiger partial charge in [-0.05, 0) is 27.1 Å². The van der Waals surface area contributed by atoms with Gasteiger partial charge in [0, 0.05) is 18.3 Å². The predicted molar refractivity (Wildman–Crippen MR) is 68.8 cm³/mol. The summed E-state index contributed by atoms with van der Waals surface area (Å²) in [6.07, 6.45) is 0.903. The van der Waals surface area contributed by atoms with Crippen molar-refractivity contribution in [3.05, 3.63) is 10.4 Å². The molecule has 0 aliphatic rings. The van der Waals surface area contributed by atoms with Crippen LogP contribution in [0.15, 0.2) is 4.79 Å². The van der Waals surface area contributed by atoms with Gasteiger partial charge >= 0.3 is 5.56 Å². The predicted octanol–water partition coefficient (Wildman–Crippen LogP) is 0.489.